The molecule has 0 aromatic heterocycles. The smallest absolute Gasteiger partial charge is 0.419 e. The molecule has 4 heteroatoms. The van der Waals surface area contributed by atoms with E-state index in [9.17, 15) is 0 Å². The van der Waals surface area contributed by atoms with E-state index < -0.39 is 6.09 Å². The van der Waals surface area contributed by atoms with Crippen molar-refractivity contribution in [3.8, 4) is 0 Å². The molecule has 0 bridgehead atoms. The summed E-state index contributed by atoms with van der Waals surface area (Å²) in [4.78, 5) is 17.5. The second-order valence-electron chi connectivity index (χ2n) is 0.374. The number of rotatable bonds is 0. The van der Waals surface area contributed by atoms with E-state index in [0.717, 1.165) is 0 Å². The molecule has 27 valence electrons. The third kappa shape index (κ3) is 3.07. The molecule has 1 radical (unpaired) electrons. The van der Waals surface area contributed by atoms with Crippen molar-refractivity contribution in [1.82, 2.24) is 5.18 Å². The lowest BCUT2D eigenvalue weighted by atomic mass is 11.3. The zero-order chi connectivity index (χ0) is 4.28. The number of carboxylic acid groups (broad SMARTS) is 1. The molecule has 0 saturated heterocycles. The van der Waals surface area contributed by atoms with Crippen LogP contribution in [0.4, 0.5) is 4.79 Å². The van der Waals surface area contributed by atoms with Gasteiger partial charge in [-0.1, -0.05) is 0 Å². The van der Waals surface area contributed by atoms with Gasteiger partial charge in [0.1, 0.15) is 4.91 Å². The van der Waals surface area contributed by atoms with Gasteiger partial charge >= 0.3 is 11.3 Å². The Labute approximate surface area is 27.4 Å². The van der Waals surface area contributed by atoms with Crippen molar-refractivity contribution in [1.29, 1.82) is 0 Å². The number of nitrogens with zero attached hydrogens (tertiary/aromatic N) is 1. The first-order chi connectivity index (χ1) is 2.27. The first-order valence-electron chi connectivity index (χ1n) is 0.834. The van der Waals surface area contributed by atoms with Gasteiger partial charge in [0.2, 0.25) is 0 Å². The van der Waals surface area contributed by atoms with Crippen LogP contribution in [0.1, 0.15) is 0 Å². The van der Waals surface area contributed by atoms with Gasteiger partial charge < -0.3 is 5.11 Å². The summed E-state index contributed by atoms with van der Waals surface area (Å²) >= 11 is 0. The Hall–Kier alpha value is -0.930. The maximum absolute atomic E-state index is 8.89. The largest absolute Gasteiger partial charge is 0.721 e. The van der Waals surface area contributed by atoms with Crippen LogP contribution in [0.5, 0.6) is 0 Å². The zero-order valence-electron chi connectivity index (χ0n) is 2.21. The summed E-state index contributed by atoms with van der Waals surface area (Å²) in [5.41, 5.74) is 0. The highest BCUT2D eigenvalue weighted by atomic mass is 16.4. The minimum atomic E-state index is -1.68. The quantitative estimate of drug-likeness (QED) is 0.432. The SMILES string of the molecule is O=[N+]C(=O)O. The lowest BCUT2D eigenvalue weighted by molar-refractivity contribution is 0.201. The van der Waals surface area contributed by atoms with Crippen LogP contribution in [0.25, 0.3) is 0 Å². The molecule has 4 nitrogen and oxygen atoms in total. The second-order valence-corrected chi connectivity index (χ2v) is 0.374. The van der Waals surface area contributed by atoms with E-state index in [0.29, 0.717) is 0 Å². The lowest BCUT2D eigenvalue weighted by Crippen LogP contribution is -1.93. The molecule has 0 fully saturated rings. The standard InChI is InChI=1S/CHNO3/c3-1(4)2-5/h(H,3,4)/q+1. The monoisotopic (exact) mass is 75.0 g/mol. The molecular formula is CHNO3+. The second kappa shape index (κ2) is 1.40. The Bertz CT molecular complexity index is 57.9. The summed E-state index contributed by atoms with van der Waals surface area (Å²) in [6, 6.07) is 0. The van der Waals surface area contributed by atoms with Crippen molar-refractivity contribution in [3.63, 3.8) is 0 Å². The Morgan fingerprint density at radius 2 is 2.00 bits per heavy atom. The highest BCUT2D eigenvalue weighted by Gasteiger charge is 2.08. The van der Waals surface area contributed by atoms with Crippen molar-refractivity contribution < 1.29 is 9.90 Å². The molecule has 0 rings (SSSR count). The number of hydrogen-bond donors (Lipinski definition) is 1. The molecule has 0 aromatic carbocycles. The first-order valence-corrected chi connectivity index (χ1v) is 0.834. The topological polar surface area (TPSA) is 68.5 Å². The van der Waals surface area contributed by atoms with Crippen molar-refractivity contribution >= 4 is 6.09 Å². The maximum Gasteiger partial charge on any atom is 0.721 e. The molecule has 0 atom stereocenters. The summed E-state index contributed by atoms with van der Waals surface area (Å²) in [5, 5.41) is 8.80. The van der Waals surface area contributed by atoms with Gasteiger partial charge in [0, 0.05) is 0 Å². The summed E-state index contributed by atoms with van der Waals surface area (Å²) in [6.07, 6.45) is -1.68. The fraction of sp³-hybridized carbons (Fsp3) is 0. The molecule has 0 aromatic rings. The van der Waals surface area contributed by atoms with Crippen molar-refractivity contribution in [2.24, 2.45) is 0 Å². The molecular weight excluding hydrogens is 74.0 g/mol. The van der Waals surface area contributed by atoms with Gasteiger partial charge in [-0.25, -0.2) is 0 Å². The third-order valence-electron chi connectivity index (χ3n) is 0.0781. The summed E-state index contributed by atoms with van der Waals surface area (Å²) in [6.45, 7) is 0. The summed E-state index contributed by atoms with van der Waals surface area (Å²) in [7, 11) is 0. The van der Waals surface area contributed by atoms with E-state index in [4.69, 9.17) is 14.8 Å². The van der Waals surface area contributed by atoms with Crippen LogP contribution in [0.2, 0.25) is 0 Å². The van der Waals surface area contributed by atoms with Crippen LogP contribution in [-0.4, -0.2) is 11.2 Å². The summed E-state index contributed by atoms with van der Waals surface area (Å²) < 4.78 is 0. The predicted molar refractivity (Wildman–Crippen MR) is 13.5 cm³/mol. The highest BCUT2D eigenvalue weighted by Crippen LogP contribution is 1.45. The molecule has 0 unspecified atom stereocenters. The van der Waals surface area contributed by atoms with E-state index in [1.165, 1.54) is 0 Å². The normalized spacial score (nSPS) is 6.40. The molecule has 0 spiro atoms. The van der Waals surface area contributed by atoms with Crippen molar-refractivity contribution in [2.75, 3.05) is 0 Å². The molecule has 0 aliphatic rings. The van der Waals surface area contributed by atoms with Gasteiger partial charge in [0.15, 0.2) is 0 Å². The zero-order valence-corrected chi connectivity index (χ0v) is 2.21. The number of nitroso groups, excluding NO2 is 1. The maximum atomic E-state index is 8.89. The molecule has 1 amide bonds. The van der Waals surface area contributed by atoms with Gasteiger partial charge in [0.25, 0.3) is 0 Å². The van der Waals surface area contributed by atoms with Gasteiger partial charge in [-0.15, -0.1) is 0 Å². The van der Waals surface area contributed by atoms with Crippen LogP contribution in [0.15, 0.2) is 0 Å². The van der Waals surface area contributed by atoms with Crippen LogP contribution < -0.4 is 5.18 Å². The van der Waals surface area contributed by atoms with E-state index in [1.54, 1.807) is 5.18 Å². The molecule has 5 heavy (non-hydrogen) atoms. The number of amides is 1. The molecule has 1 N–H and O–H groups in total. The Morgan fingerprint density at radius 3 is 2.00 bits per heavy atom. The molecule has 0 aliphatic carbocycles. The van der Waals surface area contributed by atoms with E-state index >= 15 is 0 Å². The Kier molecular flexibility index (Phi) is 1.14. The third-order valence-corrected chi connectivity index (χ3v) is 0.0781. The average Bonchev–Trinajstić information content (AvgIpc) is 1.38. The Balaban J connectivity index is 3.20. The van der Waals surface area contributed by atoms with Gasteiger partial charge in [-0.2, -0.15) is 4.79 Å². The van der Waals surface area contributed by atoms with Gasteiger partial charge in [-0.05, 0) is 0 Å². The fourth-order valence-corrected chi connectivity index (χ4v) is 0. The van der Waals surface area contributed by atoms with E-state index in [2.05, 4.69) is 0 Å². The van der Waals surface area contributed by atoms with Gasteiger partial charge in [-0.3, -0.25) is 0 Å². The van der Waals surface area contributed by atoms with Crippen molar-refractivity contribution in [2.45, 2.75) is 0 Å². The summed E-state index contributed by atoms with van der Waals surface area (Å²) in [5.74, 6) is 0. The first kappa shape index (κ1) is 4.07. The average molecular weight is 75.0 g/mol. The molecule has 0 heterocycles. The van der Waals surface area contributed by atoms with E-state index in [-0.39, 0.29) is 0 Å². The van der Waals surface area contributed by atoms with Crippen molar-refractivity contribution in [3.05, 3.63) is 4.91 Å². The highest BCUT2D eigenvalue weighted by molar-refractivity contribution is 5.62. The van der Waals surface area contributed by atoms with E-state index in [1.807, 2.05) is 0 Å². The Morgan fingerprint density at radius 1 is 1.80 bits per heavy atom. The minimum Gasteiger partial charge on any atom is -0.419 e. The number of hydrogen-bond acceptors (Lipinski definition) is 2. The van der Waals surface area contributed by atoms with Crippen LogP contribution in [-0.2, 0) is 0 Å². The van der Waals surface area contributed by atoms with Crippen LogP contribution in [0.3, 0.4) is 0 Å². The minimum absolute atomic E-state index is 1.56. The van der Waals surface area contributed by atoms with Crippen LogP contribution in [0, 0.1) is 4.91 Å². The fourth-order valence-electron chi connectivity index (χ4n) is 0. The van der Waals surface area contributed by atoms with Gasteiger partial charge in [0.05, 0.1) is 0 Å². The molecule has 0 aliphatic heterocycles. The molecule has 0 saturated carbocycles. The van der Waals surface area contributed by atoms with Crippen LogP contribution >= 0.6 is 0 Å². The lowest BCUT2D eigenvalue weighted by Gasteiger charge is -1.39. The number of carbonyl (C=O) groups is 1. The predicted octanol–water partition coefficient (Wildman–Crippen LogP) is -0.233.